The standard InChI is InChI=1S/C13H15ClO4S/c1-9(15)19-8-10(13(16)17)6-7-18-12-4-2-11(14)3-5-12/h2-5,10H,6-8H2,1H3,(H,16,17). The highest BCUT2D eigenvalue weighted by molar-refractivity contribution is 8.13. The van der Waals surface area contributed by atoms with E-state index in [0.29, 0.717) is 17.2 Å². The molecule has 1 aromatic rings. The maximum atomic E-state index is 11.0. The summed E-state index contributed by atoms with van der Waals surface area (Å²) in [5.41, 5.74) is 0. The van der Waals surface area contributed by atoms with Crippen LogP contribution in [0.2, 0.25) is 5.02 Å². The summed E-state index contributed by atoms with van der Waals surface area (Å²) in [4.78, 5) is 21.8. The van der Waals surface area contributed by atoms with Crippen molar-refractivity contribution in [2.24, 2.45) is 5.92 Å². The van der Waals surface area contributed by atoms with Crippen LogP contribution in [0.5, 0.6) is 5.75 Å². The Morgan fingerprint density at radius 2 is 2.00 bits per heavy atom. The van der Waals surface area contributed by atoms with Gasteiger partial charge in [-0.05, 0) is 30.7 Å². The van der Waals surface area contributed by atoms with Crippen LogP contribution in [-0.2, 0) is 9.59 Å². The van der Waals surface area contributed by atoms with E-state index in [1.54, 1.807) is 24.3 Å². The van der Waals surface area contributed by atoms with Crippen molar-refractivity contribution in [3.8, 4) is 5.75 Å². The molecule has 1 N–H and O–H groups in total. The Morgan fingerprint density at radius 3 is 2.53 bits per heavy atom. The van der Waals surface area contributed by atoms with Crippen LogP contribution >= 0.6 is 23.4 Å². The average molecular weight is 303 g/mol. The Labute approximate surface area is 121 Å². The minimum Gasteiger partial charge on any atom is -0.494 e. The SMILES string of the molecule is CC(=O)SCC(CCOc1ccc(Cl)cc1)C(=O)O. The molecule has 19 heavy (non-hydrogen) atoms. The molecule has 0 saturated carbocycles. The number of benzene rings is 1. The van der Waals surface area contributed by atoms with Crippen molar-refractivity contribution in [3.05, 3.63) is 29.3 Å². The zero-order valence-corrected chi connectivity index (χ0v) is 12.0. The average Bonchev–Trinajstić information content (AvgIpc) is 2.35. The van der Waals surface area contributed by atoms with Crippen LogP contribution in [0.15, 0.2) is 24.3 Å². The number of ether oxygens (including phenoxy) is 1. The van der Waals surface area contributed by atoms with Gasteiger partial charge >= 0.3 is 5.97 Å². The molecular formula is C13H15ClO4S. The van der Waals surface area contributed by atoms with Crippen LogP contribution in [0.25, 0.3) is 0 Å². The summed E-state index contributed by atoms with van der Waals surface area (Å²) in [5, 5.41) is 9.56. The summed E-state index contributed by atoms with van der Waals surface area (Å²) in [5.74, 6) is -0.573. The zero-order chi connectivity index (χ0) is 14.3. The van der Waals surface area contributed by atoms with Gasteiger partial charge in [0.15, 0.2) is 5.12 Å². The van der Waals surface area contributed by atoms with Crippen molar-refractivity contribution in [2.45, 2.75) is 13.3 Å². The summed E-state index contributed by atoms with van der Waals surface area (Å²) < 4.78 is 5.43. The lowest BCUT2D eigenvalue weighted by Crippen LogP contribution is -2.19. The van der Waals surface area contributed by atoms with Gasteiger partial charge in [0.25, 0.3) is 0 Å². The maximum Gasteiger partial charge on any atom is 0.307 e. The van der Waals surface area contributed by atoms with Crippen molar-refractivity contribution < 1.29 is 19.4 Å². The molecule has 104 valence electrons. The van der Waals surface area contributed by atoms with E-state index in [1.807, 2.05) is 0 Å². The topological polar surface area (TPSA) is 63.6 Å². The van der Waals surface area contributed by atoms with Gasteiger partial charge in [-0.3, -0.25) is 9.59 Å². The molecule has 0 radical (unpaired) electrons. The number of carbonyl (C=O) groups excluding carboxylic acids is 1. The highest BCUT2D eigenvalue weighted by Crippen LogP contribution is 2.17. The monoisotopic (exact) mass is 302 g/mol. The van der Waals surface area contributed by atoms with Crippen LogP contribution < -0.4 is 4.74 Å². The Hall–Kier alpha value is -1.20. The molecule has 0 saturated heterocycles. The molecule has 0 aliphatic rings. The second-order valence-corrected chi connectivity index (χ2v) is 5.56. The summed E-state index contributed by atoms with van der Waals surface area (Å²) in [6.45, 7) is 1.71. The number of hydrogen-bond acceptors (Lipinski definition) is 4. The molecule has 0 fully saturated rings. The van der Waals surface area contributed by atoms with E-state index < -0.39 is 11.9 Å². The molecule has 1 aromatic carbocycles. The lowest BCUT2D eigenvalue weighted by atomic mass is 10.1. The predicted octanol–water partition coefficient (Wildman–Crippen LogP) is 3.09. The molecule has 0 aliphatic heterocycles. The van der Waals surface area contributed by atoms with Crippen molar-refractivity contribution in [3.63, 3.8) is 0 Å². The Bertz CT molecular complexity index is 433. The fraction of sp³-hybridized carbons (Fsp3) is 0.385. The molecule has 4 nitrogen and oxygen atoms in total. The Morgan fingerprint density at radius 1 is 1.37 bits per heavy atom. The highest BCUT2D eigenvalue weighted by atomic mass is 35.5. The van der Waals surface area contributed by atoms with Crippen molar-refractivity contribution in [2.75, 3.05) is 12.4 Å². The first-order chi connectivity index (χ1) is 8.99. The highest BCUT2D eigenvalue weighted by Gasteiger charge is 2.18. The van der Waals surface area contributed by atoms with E-state index in [-0.39, 0.29) is 17.5 Å². The van der Waals surface area contributed by atoms with E-state index in [4.69, 9.17) is 21.4 Å². The maximum absolute atomic E-state index is 11.0. The number of halogens is 1. The molecule has 6 heteroatoms. The molecule has 1 atom stereocenters. The number of carbonyl (C=O) groups is 2. The van der Waals surface area contributed by atoms with Gasteiger partial charge in [0.05, 0.1) is 12.5 Å². The van der Waals surface area contributed by atoms with E-state index >= 15 is 0 Å². The number of carboxylic acids is 1. The van der Waals surface area contributed by atoms with Gasteiger partial charge < -0.3 is 9.84 Å². The van der Waals surface area contributed by atoms with Crippen LogP contribution in [-0.4, -0.2) is 28.6 Å². The van der Waals surface area contributed by atoms with Crippen LogP contribution in [0, 0.1) is 5.92 Å². The van der Waals surface area contributed by atoms with Gasteiger partial charge in [-0.2, -0.15) is 0 Å². The first-order valence-electron chi connectivity index (χ1n) is 5.73. The normalized spacial score (nSPS) is 11.9. The van der Waals surface area contributed by atoms with Crippen LogP contribution in [0.4, 0.5) is 0 Å². The van der Waals surface area contributed by atoms with E-state index in [9.17, 15) is 9.59 Å². The predicted molar refractivity (Wildman–Crippen MR) is 75.8 cm³/mol. The summed E-state index contributed by atoms with van der Waals surface area (Å²) >= 11 is 6.76. The van der Waals surface area contributed by atoms with Gasteiger partial charge in [0.2, 0.25) is 0 Å². The molecule has 0 spiro atoms. The van der Waals surface area contributed by atoms with E-state index in [0.717, 1.165) is 11.8 Å². The lowest BCUT2D eigenvalue weighted by molar-refractivity contribution is -0.141. The molecule has 1 unspecified atom stereocenters. The molecular weight excluding hydrogens is 288 g/mol. The largest absolute Gasteiger partial charge is 0.494 e. The number of rotatable bonds is 7. The first-order valence-corrected chi connectivity index (χ1v) is 7.10. The number of aliphatic carboxylic acids is 1. The lowest BCUT2D eigenvalue weighted by Gasteiger charge is -2.12. The summed E-state index contributed by atoms with van der Waals surface area (Å²) in [6, 6.07) is 6.86. The first kappa shape index (κ1) is 15.9. The third-order valence-electron chi connectivity index (χ3n) is 2.39. The van der Waals surface area contributed by atoms with Gasteiger partial charge in [0, 0.05) is 17.7 Å². The van der Waals surface area contributed by atoms with Gasteiger partial charge in [-0.25, -0.2) is 0 Å². The number of hydrogen-bond donors (Lipinski definition) is 1. The summed E-state index contributed by atoms with van der Waals surface area (Å²) in [7, 11) is 0. The fourth-order valence-electron chi connectivity index (χ4n) is 1.35. The molecule has 0 aliphatic carbocycles. The number of carboxylic acid groups (broad SMARTS) is 1. The Kier molecular flexibility index (Phi) is 6.73. The smallest absolute Gasteiger partial charge is 0.307 e. The Balaban J connectivity index is 2.37. The van der Waals surface area contributed by atoms with Crippen molar-refractivity contribution in [1.82, 2.24) is 0 Å². The summed E-state index contributed by atoms with van der Waals surface area (Å²) in [6.07, 6.45) is 0.359. The van der Waals surface area contributed by atoms with Gasteiger partial charge in [-0.15, -0.1) is 0 Å². The minimum atomic E-state index is -0.909. The van der Waals surface area contributed by atoms with Gasteiger partial charge in [-0.1, -0.05) is 23.4 Å². The molecule has 0 bridgehead atoms. The van der Waals surface area contributed by atoms with Crippen LogP contribution in [0.3, 0.4) is 0 Å². The second-order valence-electron chi connectivity index (χ2n) is 3.93. The fourth-order valence-corrected chi connectivity index (χ4v) is 2.22. The molecule has 0 heterocycles. The minimum absolute atomic E-state index is 0.0788. The quantitative estimate of drug-likeness (QED) is 0.838. The van der Waals surface area contributed by atoms with E-state index in [1.165, 1.54) is 6.92 Å². The zero-order valence-electron chi connectivity index (χ0n) is 10.5. The molecule has 0 amide bonds. The molecule has 1 rings (SSSR count). The number of thioether (sulfide) groups is 1. The third kappa shape index (κ3) is 6.50. The van der Waals surface area contributed by atoms with E-state index in [2.05, 4.69) is 0 Å². The third-order valence-corrected chi connectivity index (χ3v) is 3.61. The second kappa shape index (κ2) is 8.07. The van der Waals surface area contributed by atoms with Crippen molar-refractivity contribution >= 4 is 34.4 Å². The van der Waals surface area contributed by atoms with Crippen molar-refractivity contribution in [1.29, 1.82) is 0 Å². The molecule has 0 aromatic heterocycles. The van der Waals surface area contributed by atoms with Gasteiger partial charge in [0.1, 0.15) is 5.75 Å². The van der Waals surface area contributed by atoms with Crippen LogP contribution in [0.1, 0.15) is 13.3 Å².